The average Bonchev–Trinajstić information content (AvgIpc) is 2.27. The van der Waals surface area contributed by atoms with Crippen molar-refractivity contribution in [2.75, 3.05) is 13.6 Å². The van der Waals surface area contributed by atoms with Gasteiger partial charge in [0.05, 0.1) is 6.54 Å². The van der Waals surface area contributed by atoms with Gasteiger partial charge in [0, 0.05) is 7.05 Å². The number of benzene rings is 1. The van der Waals surface area contributed by atoms with E-state index < -0.39 is 6.04 Å². The van der Waals surface area contributed by atoms with E-state index in [1.54, 1.807) is 7.05 Å². The number of hydrogen-bond donors (Lipinski definition) is 1. The number of carbonyl (C=O) groups excluding carboxylic acids is 2. The normalized spacial score (nSPS) is 20.9. The lowest BCUT2D eigenvalue weighted by atomic mass is 10.0. The molecule has 0 spiro atoms. The zero-order valence-corrected chi connectivity index (χ0v) is 9.36. The van der Waals surface area contributed by atoms with Crippen molar-refractivity contribution in [3.05, 3.63) is 35.4 Å². The molecule has 4 nitrogen and oxygen atoms in total. The second-order valence-electron chi connectivity index (χ2n) is 4.04. The van der Waals surface area contributed by atoms with Gasteiger partial charge in [-0.15, -0.1) is 0 Å². The van der Waals surface area contributed by atoms with Crippen LogP contribution < -0.4 is 5.32 Å². The summed E-state index contributed by atoms with van der Waals surface area (Å²) in [7, 11) is 1.66. The van der Waals surface area contributed by atoms with Crippen LogP contribution in [0.1, 0.15) is 17.2 Å². The SMILES string of the molecule is Cc1ccc(C2C(=O)NCC(=O)N2C)cc1. The van der Waals surface area contributed by atoms with Crippen LogP contribution in [0.15, 0.2) is 24.3 Å². The van der Waals surface area contributed by atoms with Crippen LogP contribution in [0.5, 0.6) is 0 Å². The second-order valence-corrected chi connectivity index (χ2v) is 4.04. The lowest BCUT2D eigenvalue weighted by Crippen LogP contribution is -2.51. The van der Waals surface area contributed by atoms with Gasteiger partial charge in [-0.2, -0.15) is 0 Å². The number of likely N-dealkylation sites (N-methyl/N-ethyl adjacent to an activating group) is 1. The monoisotopic (exact) mass is 218 g/mol. The first-order valence-corrected chi connectivity index (χ1v) is 5.19. The maximum atomic E-state index is 11.7. The zero-order chi connectivity index (χ0) is 11.7. The topological polar surface area (TPSA) is 49.4 Å². The largest absolute Gasteiger partial charge is 0.345 e. The fraction of sp³-hybridized carbons (Fsp3) is 0.333. The molecule has 1 atom stereocenters. The molecule has 0 radical (unpaired) electrons. The lowest BCUT2D eigenvalue weighted by Gasteiger charge is -2.32. The summed E-state index contributed by atoms with van der Waals surface area (Å²) < 4.78 is 0. The highest BCUT2D eigenvalue weighted by Crippen LogP contribution is 2.22. The molecule has 1 aliphatic rings. The first kappa shape index (κ1) is 10.7. The van der Waals surface area contributed by atoms with Crippen molar-refractivity contribution in [3.63, 3.8) is 0 Å². The van der Waals surface area contributed by atoms with Gasteiger partial charge in [0.15, 0.2) is 0 Å². The van der Waals surface area contributed by atoms with E-state index in [4.69, 9.17) is 0 Å². The molecule has 1 aromatic rings. The number of aryl methyl sites for hydroxylation is 1. The van der Waals surface area contributed by atoms with Crippen molar-refractivity contribution in [3.8, 4) is 0 Å². The first-order valence-electron chi connectivity index (χ1n) is 5.19. The third-order valence-electron chi connectivity index (χ3n) is 2.84. The van der Waals surface area contributed by atoms with Gasteiger partial charge in [0.25, 0.3) is 0 Å². The highest BCUT2D eigenvalue weighted by molar-refractivity contribution is 5.95. The summed E-state index contributed by atoms with van der Waals surface area (Å²) in [5, 5.41) is 2.60. The summed E-state index contributed by atoms with van der Waals surface area (Å²) >= 11 is 0. The van der Waals surface area contributed by atoms with Crippen molar-refractivity contribution in [1.82, 2.24) is 10.2 Å². The summed E-state index contributed by atoms with van der Waals surface area (Å²) in [6, 6.07) is 7.15. The van der Waals surface area contributed by atoms with Gasteiger partial charge >= 0.3 is 0 Å². The van der Waals surface area contributed by atoms with Gasteiger partial charge in [-0.3, -0.25) is 9.59 Å². The Morgan fingerprint density at radius 1 is 1.25 bits per heavy atom. The molecule has 1 aliphatic heterocycles. The molecule has 1 aromatic carbocycles. The molecule has 16 heavy (non-hydrogen) atoms. The fourth-order valence-electron chi connectivity index (χ4n) is 1.83. The predicted octanol–water partition coefficient (Wildman–Crippen LogP) is 0.624. The standard InChI is InChI=1S/C12H14N2O2/c1-8-3-5-9(6-4-8)11-12(16)13-7-10(15)14(11)2/h3-6,11H,7H2,1-2H3,(H,13,16). The number of rotatable bonds is 1. The molecule has 1 N–H and O–H groups in total. The number of piperazine rings is 1. The van der Waals surface area contributed by atoms with Crippen molar-refractivity contribution in [1.29, 1.82) is 0 Å². The molecule has 1 heterocycles. The van der Waals surface area contributed by atoms with Crippen LogP contribution in [0.3, 0.4) is 0 Å². The number of nitrogens with zero attached hydrogens (tertiary/aromatic N) is 1. The van der Waals surface area contributed by atoms with Crippen molar-refractivity contribution < 1.29 is 9.59 Å². The fourth-order valence-corrected chi connectivity index (χ4v) is 1.83. The van der Waals surface area contributed by atoms with Crippen molar-refractivity contribution in [2.24, 2.45) is 0 Å². The summed E-state index contributed by atoms with van der Waals surface area (Å²) in [6.45, 7) is 2.08. The van der Waals surface area contributed by atoms with Crippen LogP contribution >= 0.6 is 0 Å². The molecule has 0 aromatic heterocycles. The first-order chi connectivity index (χ1) is 7.59. The number of amides is 2. The van der Waals surface area contributed by atoms with E-state index in [9.17, 15) is 9.59 Å². The Morgan fingerprint density at radius 3 is 2.50 bits per heavy atom. The highest BCUT2D eigenvalue weighted by Gasteiger charge is 2.32. The summed E-state index contributed by atoms with van der Waals surface area (Å²) in [5.74, 6) is -0.184. The molecule has 2 amide bonds. The van der Waals surface area contributed by atoms with Crippen LogP contribution in [0.25, 0.3) is 0 Å². The van der Waals surface area contributed by atoms with Crippen LogP contribution in [0.4, 0.5) is 0 Å². The smallest absolute Gasteiger partial charge is 0.247 e. The Morgan fingerprint density at radius 2 is 1.88 bits per heavy atom. The van der Waals surface area contributed by atoms with Gasteiger partial charge < -0.3 is 10.2 Å². The third kappa shape index (κ3) is 1.78. The number of hydrogen-bond acceptors (Lipinski definition) is 2. The van der Waals surface area contributed by atoms with E-state index in [1.165, 1.54) is 4.90 Å². The maximum Gasteiger partial charge on any atom is 0.247 e. The van der Waals surface area contributed by atoms with Crippen LogP contribution in [-0.4, -0.2) is 30.3 Å². The molecule has 1 fully saturated rings. The molecule has 2 rings (SSSR count). The zero-order valence-electron chi connectivity index (χ0n) is 9.36. The Labute approximate surface area is 94.2 Å². The predicted molar refractivity (Wildman–Crippen MR) is 59.7 cm³/mol. The Kier molecular flexibility index (Phi) is 2.64. The average molecular weight is 218 g/mol. The molecule has 1 saturated heterocycles. The summed E-state index contributed by atoms with van der Waals surface area (Å²) in [6.07, 6.45) is 0. The second kappa shape index (κ2) is 3.96. The highest BCUT2D eigenvalue weighted by atomic mass is 16.2. The molecule has 1 unspecified atom stereocenters. The van der Waals surface area contributed by atoms with Crippen molar-refractivity contribution >= 4 is 11.8 Å². The maximum absolute atomic E-state index is 11.7. The molecule has 84 valence electrons. The van der Waals surface area contributed by atoms with E-state index in [1.807, 2.05) is 31.2 Å². The molecule has 4 heteroatoms. The van der Waals surface area contributed by atoms with Gasteiger partial charge in [-0.1, -0.05) is 29.8 Å². The molecule has 0 aliphatic carbocycles. The Hall–Kier alpha value is -1.84. The third-order valence-corrected chi connectivity index (χ3v) is 2.84. The molecular formula is C12H14N2O2. The Balaban J connectivity index is 2.33. The van der Waals surface area contributed by atoms with Crippen LogP contribution in [0.2, 0.25) is 0 Å². The van der Waals surface area contributed by atoms with Gasteiger partial charge in [-0.25, -0.2) is 0 Å². The number of nitrogens with one attached hydrogen (secondary N) is 1. The molecular weight excluding hydrogens is 204 g/mol. The van der Waals surface area contributed by atoms with Gasteiger partial charge in [0.2, 0.25) is 11.8 Å². The quantitative estimate of drug-likeness (QED) is 0.751. The summed E-state index contributed by atoms with van der Waals surface area (Å²) in [4.78, 5) is 24.7. The van der Waals surface area contributed by atoms with Crippen LogP contribution in [-0.2, 0) is 9.59 Å². The molecule has 0 saturated carbocycles. The minimum absolute atomic E-state index is 0.0647. The van der Waals surface area contributed by atoms with Crippen LogP contribution in [0, 0.1) is 6.92 Å². The summed E-state index contributed by atoms with van der Waals surface area (Å²) in [5.41, 5.74) is 1.98. The van der Waals surface area contributed by atoms with E-state index in [-0.39, 0.29) is 18.4 Å². The van der Waals surface area contributed by atoms with E-state index in [0.29, 0.717) is 0 Å². The minimum Gasteiger partial charge on any atom is -0.345 e. The van der Waals surface area contributed by atoms with E-state index in [2.05, 4.69) is 5.32 Å². The van der Waals surface area contributed by atoms with E-state index in [0.717, 1.165) is 11.1 Å². The number of carbonyl (C=O) groups is 2. The lowest BCUT2D eigenvalue weighted by molar-refractivity contribution is -0.144. The van der Waals surface area contributed by atoms with Gasteiger partial charge in [0.1, 0.15) is 6.04 Å². The van der Waals surface area contributed by atoms with Gasteiger partial charge in [-0.05, 0) is 12.5 Å². The molecule has 0 bridgehead atoms. The minimum atomic E-state index is -0.498. The van der Waals surface area contributed by atoms with E-state index >= 15 is 0 Å². The Bertz CT molecular complexity index is 425. The van der Waals surface area contributed by atoms with Crippen molar-refractivity contribution in [2.45, 2.75) is 13.0 Å².